The lowest BCUT2D eigenvalue weighted by atomic mass is 10.1. The highest BCUT2D eigenvalue weighted by molar-refractivity contribution is 7.99. The third-order valence-corrected chi connectivity index (χ3v) is 5.33. The average molecular weight is 297 g/mol. The van der Waals surface area contributed by atoms with E-state index in [-0.39, 0.29) is 0 Å². The van der Waals surface area contributed by atoms with Gasteiger partial charge in [0, 0.05) is 25.4 Å². The Morgan fingerprint density at radius 1 is 1.58 bits per heavy atom. The van der Waals surface area contributed by atoms with Gasteiger partial charge in [0.2, 0.25) is 0 Å². The summed E-state index contributed by atoms with van der Waals surface area (Å²) in [6, 6.07) is 2.77. The summed E-state index contributed by atoms with van der Waals surface area (Å²) in [6.45, 7) is 3.18. The van der Waals surface area contributed by atoms with E-state index >= 15 is 0 Å². The number of rotatable bonds is 4. The van der Waals surface area contributed by atoms with Crippen molar-refractivity contribution in [1.82, 2.24) is 10.6 Å². The van der Waals surface area contributed by atoms with Crippen LogP contribution in [0.25, 0.3) is 0 Å². The molecule has 0 saturated carbocycles. The quantitative estimate of drug-likeness (QED) is 0.663. The largest absolute Gasteiger partial charge is 0.356 e. The minimum atomic E-state index is 0.519. The molecule has 0 radical (unpaired) electrons. The molecule has 1 fully saturated rings. The smallest absolute Gasteiger partial charge is 0.191 e. The second-order valence-electron chi connectivity index (χ2n) is 4.97. The van der Waals surface area contributed by atoms with Crippen molar-refractivity contribution in [3.8, 4) is 0 Å². The van der Waals surface area contributed by atoms with Crippen molar-refractivity contribution >= 4 is 29.1 Å². The molecule has 19 heavy (non-hydrogen) atoms. The van der Waals surface area contributed by atoms with Crippen molar-refractivity contribution in [3.63, 3.8) is 0 Å². The monoisotopic (exact) mass is 297 g/mol. The zero-order chi connectivity index (χ0) is 13.5. The SMILES string of the molecule is CN=C(NCC(C)c1ccsc1)NC1CCCSC1. The minimum Gasteiger partial charge on any atom is -0.356 e. The van der Waals surface area contributed by atoms with E-state index in [2.05, 4.69) is 39.4 Å². The number of nitrogens with one attached hydrogen (secondary N) is 2. The zero-order valence-corrected chi connectivity index (χ0v) is 13.3. The first kappa shape index (κ1) is 14.7. The van der Waals surface area contributed by atoms with E-state index in [0.29, 0.717) is 12.0 Å². The third kappa shape index (κ3) is 4.73. The Balaban J connectivity index is 1.76. The van der Waals surface area contributed by atoms with E-state index < -0.39 is 0 Å². The van der Waals surface area contributed by atoms with Gasteiger partial charge in [-0.2, -0.15) is 23.1 Å². The van der Waals surface area contributed by atoms with Crippen LogP contribution in [0.15, 0.2) is 21.8 Å². The third-order valence-electron chi connectivity index (χ3n) is 3.41. The summed E-state index contributed by atoms with van der Waals surface area (Å²) in [7, 11) is 1.85. The van der Waals surface area contributed by atoms with Crippen molar-refractivity contribution in [2.24, 2.45) is 4.99 Å². The molecule has 0 aromatic carbocycles. The molecule has 3 nitrogen and oxygen atoms in total. The number of guanidine groups is 1. The van der Waals surface area contributed by atoms with Gasteiger partial charge in [0.05, 0.1) is 0 Å². The average Bonchev–Trinajstić information content (AvgIpc) is 2.98. The van der Waals surface area contributed by atoms with Crippen LogP contribution in [0, 0.1) is 0 Å². The van der Waals surface area contributed by atoms with E-state index in [1.165, 1.54) is 29.9 Å². The highest BCUT2D eigenvalue weighted by atomic mass is 32.2. The van der Waals surface area contributed by atoms with Gasteiger partial charge in [-0.1, -0.05) is 6.92 Å². The van der Waals surface area contributed by atoms with Crippen LogP contribution in [0.1, 0.15) is 31.2 Å². The lowest BCUT2D eigenvalue weighted by Crippen LogP contribution is -2.46. The van der Waals surface area contributed by atoms with E-state index in [1.54, 1.807) is 11.3 Å². The molecule has 2 rings (SSSR count). The molecule has 1 aliphatic rings. The minimum absolute atomic E-state index is 0.519. The van der Waals surface area contributed by atoms with Crippen LogP contribution < -0.4 is 10.6 Å². The molecule has 1 aromatic rings. The fraction of sp³-hybridized carbons (Fsp3) is 0.643. The van der Waals surface area contributed by atoms with Gasteiger partial charge in [-0.15, -0.1) is 0 Å². The van der Waals surface area contributed by atoms with Gasteiger partial charge in [0.15, 0.2) is 5.96 Å². The summed E-state index contributed by atoms with van der Waals surface area (Å²) < 4.78 is 0. The Morgan fingerprint density at radius 3 is 3.11 bits per heavy atom. The van der Waals surface area contributed by atoms with Crippen LogP contribution in [0.4, 0.5) is 0 Å². The molecule has 0 amide bonds. The van der Waals surface area contributed by atoms with Gasteiger partial charge < -0.3 is 10.6 Å². The van der Waals surface area contributed by atoms with Gasteiger partial charge >= 0.3 is 0 Å². The second kappa shape index (κ2) is 7.80. The van der Waals surface area contributed by atoms with Gasteiger partial charge in [-0.05, 0) is 46.9 Å². The van der Waals surface area contributed by atoms with Crippen molar-refractivity contribution in [2.45, 2.75) is 31.7 Å². The standard InChI is InChI=1S/C14H23N3S2/c1-11(12-5-7-19-9-12)8-16-14(15-2)17-13-4-3-6-18-10-13/h5,7,9,11,13H,3-4,6,8,10H2,1-2H3,(H2,15,16,17). The first-order chi connectivity index (χ1) is 9.29. The lowest BCUT2D eigenvalue weighted by Gasteiger charge is -2.25. The predicted octanol–water partition coefficient (Wildman–Crippen LogP) is 2.91. The highest BCUT2D eigenvalue weighted by Gasteiger charge is 2.15. The highest BCUT2D eigenvalue weighted by Crippen LogP contribution is 2.18. The van der Waals surface area contributed by atoms with Crippen LogP contribution in [-0.2, 0) is 0 Å². The maximum absolute atomic E-state index is 4.32. The zero-order valence-electron chi connectivity index (χ0n) is 11.7. The molecule has 0 aliphatic carbocycles. The van der Waals surface area contributed by atoms with E-state index in [9.17, 15) is 0 Å². The Morgan fingerprint density at radius 2 is 2.47 bits per heavy atom. The normalized spacial score (nSPS) is 22.0. The van der Waals surface area contributed by atoms with Gasteiger partial charge in [-0.25, -0.2) is 0 Å². The molecular weight excluding hydrogens is 274 g/mol. The predicted molar refractivity (Wildman–Crippen MR) is 87.6 cm³/mol. The Bertz CT molecular complexity index is 383. The molecule has 0 spiro atoms. The summed E-state index contributed by atoms with van der Waals surface area (Å²) in [6.07, 6.45) is 2.57. The topological polar surface area (TPSA) is 36.4 Å². The molecule has 106 valence electrons. The summed E-state index contributed by atoms with van der Waals surface area (Å²) >= 11 is 3.79. The van der Waals surface area contributed by atoms with E-state index in [0.717, 1.165) is 12.5 Å². The van der Waals surface area contributed by atoms with Crippen LogP contribution in [0.5, 0.6) is 0 Å². The molecular formula is C14H23N3S2. The van der Waals surface area contributed by atoms with Gasteiger partial charge in [0.1, 0.15) is 0 Å². The van der Waals surface area contributed by atoms with Crippen LogP contribution in [-0.4, -0.2) is 37.1 Å². The number of thioether (sulfide) groups is 1. The number of hydrogen-bond donors (Lipinski definition) is 2. The Labute approximate surface area is 124 Å². The number of hydrogen-bond acceptors (Lipinski definition) is 3. The van der Waals surface area contributed by atoms with Crippen LogP contribution >= 0.6 is 23.1 Å². The molecule has 0 bridgehead atoms. The fourth-order valence-electron chi connectivity index (χ4n) is 2.17. The Kier molecular flexibility index (Phi) is 6.04. The molecule has 2 N–H and O–H groups in total. The number of aliphatic imine (C=N–C) groups is 1. The van der Waals surface area contributed by atoms with E-state index in [4.69, 9.17) is 0 Å². The summed E-state index contributed by atoms with van der Waals surface area (Å²) in [5, 5.41) is 11.3. The molecule has 2 unspecified atom stereocenters. The maximum Gasteiger partial charge on any atom is 0.191 e. The summed E-state index contributed by atoms with van der Waals surface area (Å²) in [5.74, 6) is 3.96. The molecule has 2 atom stereocenters. The lowest BCUT2D eigenvalue weighted by molar-refractivity contribution is 0.578. The summed E-state index contributed by atoms with van der Waals surface area (Å²) in [4.78, 5) is 4.32. The number of thiophene rings is 1. The van der Waals surface area contributed by atoms with Gasteiger partial charge in [-0.3, -0.25) is 4.99 Å². The number of nitrogens with zero attached hydrogens (tertiary/aromatic N) is 1. The van der Waals surface area contributed by atoms with Crippen molar-refractivity contribution in [1.29, 1.82) is 0 Å². The second-order valence-corrected chi connectivity index (χ2v) is 6.90. The van der Waals surface area contributed by atoms with Crippen molar-refractivity contribution in [3.05, 3.63) is 22.4 Å². The maximum atomic E-state index is 4.32. The molecule has 1 saturated heterocycles. The Hall–Kier alpha value is -0.680. The van der Waals surface area contributed by atoms with Crippen molar-refractivity contribution in [2.75, 3.05) is 25.1 Å². The molecule has 2 heterocycles. The van der Waals surface area contributed by atoms with Crippen molar-refractivity contribution < 1.29 is 0 Å². The van der Waals surface area contributed by atoms with Gasteiger partial charge in [0.25, 0.3) is 0 Å². The first-order valence-corrected chi connectivity index (χ1v) is 8.96. The molecule has 1 aromatic heterocycles. The van der Waals surface area contributed by atoms with E-state index in [1.807, 2.05) is 18.8 Å². The van der Waals surface area contributed by atoms with Crippen LogP contribution in [0.2, 0.25) is 0 Å². The molecule has 5 heteroatoms. The molecule has 1 aliphatic heterocycles. The summed E-state index contributed by atoms with van der Waals surface area (Å²) in [5.41, 5.74) is 1.40. The fourth-order valence-corrected chi connectivity index (χ4v) is 4.02. The van der Waals surface area contributed by atoms with Crippen LogP contribution in [0.3, 0.4) is 0 Å². The first-order valence-electron chi connectivity index (χ1n) is 6.86.